The molecule has 5 nitrogen and oxygen atoms in total. The lowest BCUT2D eigenvalue weighted by molar-refractivity contribution is 0.138. The molecular weight excluding hydrogens is 206 g/mol. The molecule has 1 atom stereocenters. The van der Waals surface area contributed by atoms with Gasteiger partial charge in [0.15, 0.2) is 5.82 Å². The van der Waals surface area contributed by atoms with Gasteiger partial charge in [-0.1, -0.05) is 13.8 Å². The maximum absolute atomic E-state index is 11.7. The van der Waals surface area contributed by atoms with Gasteiger partial charge in [0.25, 0.3) is 5.56 Å². The van der Waals surface area contributed by atoms with Crippen LogP contribution in [-0.2, 0) is 6.54 Å². The molecule has 5 heteroatoms. The standard InChI is InChI=1S/C11H19N3O2/c1-4-14-6-5-12-10(11(14)16)13-7-9(15)8(2)3/h5-6,8-9,15H,4,7H2,1-3H3,(H,12,13). The smallest absolute Gasteiger partial charge is 0.293 e. The number of aliphatic hydroxyl groups excluding tert-OH is 1. The largest absolute Gasteiger partial charge is 0.391 e. The van der Waals surface area contributed by atoms with Crippen LogP contribution in [0.2, 0.25) is 0 Å². The molecule has 90 valence electrons. The molecule has 1 rings (SSSR count). The number of hydrogen-bond acceptors (Lipinski definition) is 4. The summed E-state index contributed by atoms with van der Waals surface area (Å²) in [5.74, 6) is 0.452. The molecule has 0 saturated heterocycles. The Morgan fingerprint density at radius 3 is 2.81 bits per heavy atom. The molecule has 1 unspecified atom stereocenters. The second-order valence-corrected chi connectivity index (χ2v) is 4.06. The van der Waals surface area contributed by atoms with Crippen LogP contribution in [0.3, 0.4) is 0 Å². The number of nitrogens with one attached hydrogen (secondary N) is 1. The molecule has 0 radical (unpaired) electrons. The van der Waals surface area contributed by atoms with Crippen LogP contribution in [0.5, 0.6) is 0 Å². The highest BCUT2D eigenvalue weighted by molar-refractivity contribution is 5.30. The SMILES string of the molecule is CCn1ccnc(NCC(O)C(C)C)c1=O. The van der Waals surface area contributed by atoms with Gasteiger partial charge in [-0.05, 0) is 12.8 Å². The summed E-state index contributed by atoms with van der Waals surface area (Å²) in [5, 5.41) is 12.5. The van der Waals surface area contributed by atoms with Crippen LogP contribution >= 0.6 is 0 Å². The van der Waals surface area contributed by atoms with Gasteiger partial charge in [0.2, 0.25) is 0 Å². The minimum atomic E-state index is -0.475. The number of aryl methyl sites for hydroxylation is 1. The lowest BCUT2D eigenvalue weighted by atomic mass is 10.1. The minimum absolute atomic E-state index is 0.152. The van der Waals surface area contributed by atoms with Crippen LogP contribution in [0.4, 0.5) is 5.82 Å². The molecule has 0 aliphatic heterocycles. The van der Waals surface area contributed by atoms with Crippen molar-refractivity contribution in [2.24, 2.45) is 5.92 Å². The summed E-state index contributed by atoms with van der Waals surface area (Å²) in [6.45, 7) is 6.70. The van der Waals surface area contributed by atoms with E-state index in [2.05, 4.69) is 10.3 Å². The van der Waals surface area contributed by atoms with Gasteiger partial charge >= 0.3 is 0 Å². The van der Waals surface area contributed by atoms with Gasteiger partial charge in [0.1, 0.15) is 0 Å². The van der Waals surface area contributed by atoms with E-state index in [0.717, 1.165) is 0 Å². The molecule has 0 aromatic carbocycles. The molecule has 0 aliphatic rings. The molecule has 0 aliphatic carbocycles. The maximum atomic E-state index is 11.7. The van der Waals surface area contributed by atoms with Crippen LogP contribution < -0.4 is 10.9 Å². The molecule has 2 N–H and O–H groups in total. The first-order chi connectivity index (χ1) is 7.56. The van der Waals surface area contributed by atoms with Crippen molar-refractivity contribution < 1.29 is 5.11 Å². The first kappa shape index (κ1) is 12.7. The van der Waals surface area contributed by atoms with Gasteiger partial charge in [-0.25, -0.2) is 4.98 Å². The van der Waals surface area contributed by atoms with Crippen molar-refractivity contribution in [3.05, 3.63) is 22.7 Å². The number of rotatable bonds is 5. The molecule has 0 spiro atoms. The fourth-order valence-corrected chi connectivity index (χ4v) is 1.25. The van der Waals surface area contributed by atoms with Crippen molar-refractivity contribution in [2.75, 3.05) is 11.9 Å². The summed E-state index contributed by atoms with van der Waals surface area (Å²) in [5.41, 5.74) is -0.152. The predicted octanol–water partition coefficient (Wildman–Crippen LogP) is 0.692. The van der Waals surface area contributed by atoms with Gasteiger partial charge in [0, 0.05) is 25.5 Å². The Kier molecular flexibility index (Phi) is 4.49. The normalized spacial score (nSPS) is 12.8. The average molecular weight is 225 g/mol. The van der Waals surface area contributed by atoms with Crippen molar-refractivity contribution in [1.82, 2.24) is 9.55 Å². The number of anilines is 1. The molecular formula is C11H19N3O2. The van der Waals surface area contributed by atoms with E-state index in [0.29, 0.717) is 18.9 Å². The van der Waals surface area contributed by atoms with E-state index in [9.17, 15) is 9.90 Å². The third-order valence-corrected chi connectivity index (χ3v) is 2.50. The fraction of sp³-hybridized carbons (Fsp3) is 0.636. The van der Waals surface area contributed by atoms with E-state index >= 15 is 0 Å². The van der Waals surface area contributed by atoms with Gasteiger partial charge in [0.05, 0.1) is 6.10 Å². The van der Waals surface area contributed by atoms with Gasteiger partial charge in [-0.15, -0.1) is 0 Å². The molecule has 0 fully saturated rings. The quantitative estimate of drug-likeness (QED) is 0.773. The summed E-state index contributed by atoms with van der Waals surface area (Å²) in [7, 11) is 0. The first-order valence-electron chi connectivity index (χ1n) is 5.53. The molecule has 0 bridgehead atoms. The van der Waals surface area contributed by atoms with Crippen LogP contribution in [0, 0.1) is 5.92 Å². The molecule has 1 heterocycles. The fourth-order valence-electron chi connectivity index (χ4n) is 1.25. The Morgan fingerprint density at radius 1 is 1.56 bits per heavy atom. The highest BCUT2D eigenvalue weighted by atomic mass is 16.3. The zero-order valence-corrected chi connectivity index (χ0v) is 9.97. The van der Waals surface area contributed by atoms with E-state index in [1.807, 2.05) is 20.8 Å². The zero-order chi connectivity index (χ0) is 12.1. The van der Waals surface area contributed by atoms with Crippen LogP contribution in [0.25, 0.3) is 0 Å². The van der Waals surface area contributed by atoms with Crippen molar-refractivity contribution in [3.8, 4) is 0 Å². The molecule has 16 heavy (non-hydrogen) atoms. The van der Waals surface area contributed by atoms with E-state index in [1.54, 1.807) is 17.0 Å². The third kappa shape index (κ3) is 3.06. The maximum Gasteiger partial charge on any atom is 0.293 e. The molecule has 1 aromatic heterocycles. The summed E-state index contributed by atoms with van der Waals surface area (Å²) in [4.78, 5) is 15.7. The minimum Gasteiger partial charge on any atom is -0.391 e. The number of aliphatic hydroxyl groups is 1. The Bertz CT molecular complexity index is 387. The Hall–Kier alpha value is -1.36. The highest BCUT2D eigenvalue weighted by Crippen LogP contribution is 2.01. The second-order valence-electron chi connectivity index (χ2n) is 4.06. The summed E-state index contributed by atoms with van der Waals surface area (Å²) >= 11 is 0. The zero-order valence-electron chi connectivity index (χ0n) is 9.97. The highest BCUT2D eigenvalue weighted by Gasteiger charge is 2.10. The van der Waals surface area contributed by atoms with E-state index in [-0.39, 0.29) is 11.5 Å². The van der Waals surface area contributed by atoms with Crippen LogP contribution in [-0.4, -0.2) is 27.3 Å². The van der Waals surface area contributed by atoms with Crippen molar-refractivity contribution in [2.45, 2.75) is 33.4 Å². The first-order valence-corrected chi connectivity index (χ1v) is 5.53. The molecule has 0 saturated carbocycles. The van der Waals surface area contributed by atoms with Crippen molar-refractivity contribution >= 4 is 5.82 Å². The van der Waals surface area contributed by atoms with Crippen molar-refractivity contribution in [1.29, 1.82) is 0 Å². The monoisotopic (exact) mass is 225 g/mol. The van der Waals surface area contributed by atoms with Crippen molar-refractivity contribution in [3.63, 3.8) is 0 Å². The Morgan fingerprint density at radius 2 is 2.25 bits per heavy atom. The van der Waals surface area contributed by atoms with Crippen LogP contribution in [0.1, 0.15) is 20.8 Å². The Labute approximate surface area is 95.1 Å². The second kappa shape index (κ2) is 5.65. The van der Waals surface area contributed by atoms with E-state index in [1.165, 1.54) is 0 Å². The summed E-state index contributed by atoms with van der Waals surface area (Å²) < 4.78 is 1.57. The van der Waals surface area contributed by atoms with Gasteiger partial charge in [-0.3, -0.25) is 4.79 Å². The van der Waals surface area contributed by atoms with Gasteiger partial charge < -0.3 is 15.0 Å². The molecule has 1 aromatic rings. The van der Waals surface area contributed by atoms with E-state index in [4.69, 9.17) is 0 Å². The third-order valence-electron chi connectivity index (χ3n) is 2.50. The lowest BCUT2D eigenvalue weighted by Crippen LogP contribution is -2.30. The summed E-state index contributed by atoms with van der Waals surface area (Å²) in [6, 6.07) is 0. The van der Waals surface area contributed by atoms with Crippen LogP contribution in [0.15, 0.2) is 17.2 Å². The Balaban J connectivity index is 2.71. The average Bonchev–Trinajstić information content (AvgIpc) is 2.27. The predicted molar refractivity (Wildman–Crippen MR) is 63.5 cm³/mol. The lowest BCUT2D eigenvalue weighted by Gasteiger charge is -2.15. The summed E-state index contributed by atoms with van der Waals surface area (Å²) in [6.07, 6.45) is 2.75. The van der Waals surface area contributed by atoms with Gasteiger partial charge in [-0.2, -0.15) is 0 Å². The van der Waals surface area contributed by atoms with E-state index < -0.39 is 6.10 Å². The number of aromatic nitrogens is 2. The molecule has 0 amide bonds. The number of hydrogen-bond donors (Lipinski definition) is 2. The number of nitrogens with zero attached hydrogens (tertiary/aromatic N) is 2. The topological polar surface area (TPSA) is 67.2 Å².